The van der Waals surface area contributed by atoms with Crippen molar-refractivity contribution in [1.29, 1.82) is 0 Å². The maximum Gasteiger partial charge on any atom is 0.109 e. The van der Waals surface area contributed by atoms with Crippen molar-refractivity contribution in [2.24, 2.45) is 0 Å². The molecule has 2 heteroatoms. The summed E-state index contributed by atoms with van der Waals surface area (Å²) in [5.74, 6) is 1.24. The van der Waals surface area contributed by atoms with Crippen LogP contribution in [0.25, 0.3) is 11.0 Å². The van der Waals surface area contributed by atoms with Crippen molar-refractivity contribution < 1.29 is 0 Å². The average Bonchev–Trinajstić information content (AvgIpc) is 2.92. The highest BCUT2D eigenvalue weighted by atomic mass is 15.1. The zero-order valence-electron chi connectivity index (χ0n) is 13.3. The summed E-state index contributed by atoms with van der Waals surface area (Å²) in [4.78, 5) is 4.86. The van der Waals surface area contributed by atoms with Gasteiger partial charge in [0.1, 0.15) is 5.82 Å². The van der Waals surface area contributed by atoms with Gasteiger partial charge in [0.15, 0.2) is 0 Å². The van der Waals surface area contributed by atoms with Gasteiger partial charge < -0.3 is 4.57 Å². The number of unbranched alkanes of at least 4 members (excludes halogenated alkanes) is 2. The van der Waals surface area contributed by atoms with E-state index in [-0.39, 0.29) is 0 Å². The van der Waals surface area contributed by atoms with Gasteiger partial charge in [-0.05, 0) is 30.5 Å². The Kier molecular flexibility index (Phi) is 4.89. The number of para-hydroxylation sites is 2. The van der Waals surface area contributed by atoms with Gasteiger partial charge in [-0.1, -0.05) is 62.2 Å². The third kappa shape index (κ3) is 3.38. The van der Waals surface area contributed by atoms with Gasteiger partial charge in [-0.3, -0.25) is 0 Å². The molecule has 3 aromatic rings. The number of hydrogen-bond acceptors (Lipinski definition) is 1. The highest BCUT2D eigenvalue weighted by Crippen LogP contribution is 2.18. The van der Waals surface area contributed by atoms with Crippen LogP contribution < -0.4 is 0 Å². The molecule has 0 aliphatic carbocycles. The molecule has 3 rings (SSSR count). The molecule has 0 saturated heterocycles. The summed E-state index contributed by atoms with van der Waals surface area (Å²) >= 11 is 0. The van der Waals surface area contributed by atoms with E-state index < -0.39 is 0 Å². The largest absolute Gasteiger partial charge is 0.328 e. The third-order valence-corrected chi connectivity index (χ3v) is 4.20. The van der Waals surface area contributed by atoms with Crippen LogP contribution in [-0.2, 0) is 19.4 Å². The summed E-state index contributed by atoms with van der Waals surface area (Å²) in [6.45, 7) is 3.25. The second kappa shape index (κ2) is 7.26. The van der Waals surface area contributed by atoms with Gasteiger partial charge in [0.2, 0.25) is 0 Å². The molecule has 0 amide bonds. The monoisotopic (exact) mass is 292 g/mol. The Morgan fingerprint density at radius 2 is 1.64 bits per heavy atom. The van der Waals surface area contributed by atoms with Gasteiger partial charge in [-0.2, -0.15) is 0 Å². The van der Waals surface area contributed by atoms with E-state index in [4.69, 9.17) is 4.98 Å². The normalized spacial score (nSPS) is 11.1. The summed E-state index contributed by atoms with van der Waals surface area (Å²) in [6, 6.07) is 19.2. The van der Waals surface area contributed by atoms with Crippen LogP contribution in [0.15, 0.2) is 54.6 Å². The number of hydrogen-bond donors (Lipinski definition) is 0. The van der Waals surface area contributed by atoms with E-state index in [2.05, 4.69) is 66.1 Å². The summed E-state index contributed by atoms with van der Waals surface area (Å²) in [6.07, 6.45) is 5.90. The Morgan fingerprint density at radius 3 is 2.45 bits per heavy atom. The second-order valence-corrected chi connectivity index (χ2v) is 5.86. The van der Waals surface area contributed by atoms with Crippen LogP contribution >= 0.6 is 0 Å². The molecule has 1 heterocycles. The van der Waals surface area contributed by atoms with Crippen molar-refractivity contribution in [2.45, 2.75) is 45.6 Å². The predicted octanol–water partition coefficient (Wildman–Crippen LogP) is 5.01. The highest BCUT2D eigenvalue weighted by Gasteiger charge is 2.09. The fourth-order valence-electron chi connectivity index (χ4n) is 2.98. The maximum absolute atomic E-state index is 4.86. The zero-order valence-corrected chi connectivity index (χ0v) is 13.3. The van der Waals surface area contributed by atoms with E-state index in [1.165, 1.54) is 36.2 Å². The fourth-order valence-corrected chi connectivity index (χ4v) is 2.98. The first kappa shape index (κ1) is 14.8. The molecule has 0 radical (unpaired) electrons. The van der Waals surface area contributed by atoms with E-state index >= 15 is 0 Å². The molecule has 0 N–H and O–H groups in total. The van der Waals surface area contributed by atoms with Crippen molar-refractivity contribution in [2.75, 3.05) is 0 Å². The molecule has 0 aliphatic heterocycles. The highest BCUT2D eigenvalue weighted by molar-refractivity contribution is 5.75. The molecule has 114 valence electrons. The van der Waals surface area contributed by atoms with Crippen molar-refractivity contribution in [3.05, 3.63) is 66.0 Å². The van der Waals surface area contributed by atoms with Crippen molar-refractivity contribution in [3.63, 3.8) is 0 Å². The summed E-state index contributed by atoms with van der Waals surface area (Å²) < 4.78 is 2.41. The molecule has 0 spiro atoms. The number of aryl methyl sites for hydroxylation is 3. The molecule has 22 heavy (non-hydrogen) atoms. The SMILES string of the molecule is CCCCCc1nc2ccccc2n1CCc1ccccc1. The van der Waals surface area contributed by atoms with E-state index in [1.807, 2.05) is 0 Å². The third-order valence-electron chi connectivity index (χ3n) is 4.20. The molecular formula is C20H24N2. The van der Waals surface area contributed by atoms with Gasteiger partial charge in [-0.25, -0.2) is 4.98 Å². The Morgan fingerprint density at radius 1 is 0.864 bits per heavy atom. The lowest BCUT2D eigenvalue weighted by Gasteiger charge is -2.09. The van der Waals surface area contributed by atoms with Gasteiger partial charge in [0.25, 0.3) is 0 Å². The standard InChI is InChI=1S/C20H24N2/c1-2-3-5-14-20-21-18-12-8-9-13-19(18)22(20)16-15-17-10-6-4-7-11-17/h4,6-13H,2-3,5,14-16H2,1H3. The molecule has 2 aromatic carbocycles. The minimum Gasteiger partial charge on any atom is -0.328 e. The molecule has 1 aromatic heterocycles. The Hall–Kier alpha value is -2.09. The molecule has 0 saturated carbocycles. The Labute approximate surface area is 132 Å². The number of benzene rings is 2. The van der Waals surface area contributed by atoms with E-state index in [1.54, 1.807) is 0 Å². The van der Waals surface area contributed by atoms with Crippen LogP contribution in [0.5, 0.6) is 0 Å². The van der Waals surface area contributed by atoms with E-state index in [9.17, 15) is 0 Å². The smallest absolute Gasteiger partial charge is 0.109 e. The molecular weight excluding hydrogens is 268 g/mol. The number of rotatable bonds is 7. The predicted molar refractivity (Wildman–Crippen MR) is 93.1 cm³/mol. The first-order chi connectivity index (χ1) is 10.9. The molecule has 0 unspecified atom stereocenters. The minimum atomic E-state index is 1.01. The maximum atomic E-state index is 4.86. The Bertz CT molecular complexity index is 713. The molecule has 0 fully saturated rings. The van der Waals surface area contributed by atoms with Crippen LogP contribution in [0.1, 0.15) is 37.6 Å². The average molecular weight is 292 g/mol. The minimum absolute atomic E-state index is 1.01. The van der Waals surface area contributed by atoms with Crippen molar-refractivity contribution in [1.82, 2.24) is 9.55 Å². The number of imidazole rings is 1. The van der Waals surface area contributed by atoms with Crippen LogP contribution in [0.2, 0.25) is 0 Å². The summed E-state index contributed by atoms with van der Waals surface area (Å²) in [7, 11) is 0. The Balaban J connectivity index is 1.83. The van der Waals surface area contributed by atoms with Gasteiger partial charge in [0, 0.05) is 13.0 Å². The van der Waals surface area contributed by atoms with E-state index in [0.29, 0.717) is 0 Å². The van der Waals surface area contributed by atoms with Crippen LogP contribution in [0, 0.1) is 0 Å². The number of aromatic nitrogens is 2. The van der Waals surface area contributed by atoms with E-state index in [0.717, 1.165) is 24.9 Å². The van der Waals surface area contributed by atoms with Crippen molar-refractivity contribution in [3.8, 4) is 0 Å². The molecule has 0 bridgehead atoms. The fraction of sp³-hybridized carbons (Fsp3) is 0.350. The molecule has 0 atom stereocenters. The molecule has 0 aliphatic rings. The van der Waals surface area contributed by atoms with Gasteiger partial charge in [-0.15, -0.1) is 0 Å². The topological polar surface area (TPSA) is 17.8 Å². The second-order valence-electron chi connectivity index (χ2n) is 5.86. The van der Waals surface area contributed by atoms with Gasteiger partial charge >= 0.3 is 0 Å². The lowest BCUT2D eigenvalue weighted by Crippen LogP contribution is -2.06. The first-order valence-corrected chi connectivity index (χ1v) is 8.36. The molecule has 2 nitrogen and oxygen atoms in total. The quantitative estimate of drug-likeness (QED) is 0.560. The number of nitrogens with zero attached hydrogens (tertiary/aromatic N) is 2. The van der Waals surface area contributed by atoms with Crippen molar-refractivity contribution >= 4 is 11.0 Å². The lowest BCUT2D eigenvalue weighted by atomic mass is 10.1. The van der Waals surface area contributed by atoms with Gasteiger partial charge in [0.05, 0.1) is 11.0 Å². The lowest BCUT2D eigenvalue weighted by molar-refractivity contribution is 0.628. The summed E-state index contributed by atoms with van der Waals surface area (Å²) in [5, 5.41) is 0. The van der Waals surface area contributed by atoms with Crippen LogP contribution in [0.3, 0.4) is 0 Å². The van der Waals surface area contributed by atoms with Crippen LogP contribution in [0.4, 0.5) is 0 Å². The summed E-state index contributed by atoms with van der Waals surface area (Å²) in [5.41, 5.74) is 3.78. The first-order valence-electron chi connectivity index (χ1n) is 8.36. The number of fused-ring (bicyclic) bond motifs is 1. The zero-order chi connectivity index (χ0) is 15.2. The van der Waals surface area contributed by atoms with Crippen LogP contribution in [-0.4, -0.2) is 9.55 Å².